The van der Waals surface area contributed by atoms with Gasteiger partial charge in [-0.15, -0.1) is 0 Å². The summed E-state index contributed by atoms with van der Waals surface area (Å²) in [5, 5.41) is 18.9. The number of benzene rings is 3. The second-order valence-corrected chi connectivity index (χ2v) is 13.6. The number of carbonyl (C=O) groups excluding carboxylic acids is 2. The summed E-state index contributed by atoms with van der Waals surface area (Å²) in [6.45, 7) is 9.94. The van der Waals surface area contributed by atoms with E-state index < -0.39 is 17.5 Å². The minimum absolute atomic E-state index is 0.0514. The standard InChI is InChI=1S/C38H42ClN7O6/c1-23-17-32(24(2)35(48)44(23)21-26-12-9-10-14-31(26)51-6)52-22-27-13-8-7-11-25(27)20-41-37(50)46(43-36(40)49)34-19-33(38(3,4)5)42-45(34)28-15-16-29(39)30(47)18-28/h7-19,47H,20-22H2,1-6H3,(H,41,50)(H3,40,43,49). The minimum atomic E-state index is -0.983. The number of pyridine rings is 1. The number of halogens is 1. The number of aromatic nitrogens is 3. The second kappa shape index (κ2) is 15.5. The number of hydrazine groups is 1. The fourth-order valence-electron chi connectivity index (χ4n) is 5.51. The Morgan fingerprint density at radius 1 is 0.962 bits per heavy atom. The van der Waals surface area contributed by atoms with Gasteiger partial charge in [0, 0.05) is 35.3 Å². The van der Waals surface area contributed by atoms with Crippen molar-refractivity contribution in [2.75, 3.05) is 12.1 Å². The molecule has 0 fully saturated rings. The van der Waals surface area contributed by atoms with Gasteiger partial charge >= 0.3 is 12.1 Å². The van der Waals surface area contributed by atoms with Crippen LogP contribution in [-0.4, -0.2) is 38.6 Å². The van der Waals surface area contributed by atoms with Crippen LogP contribution >= 0.6 is 11.6 Å². The van der Waals surface area contributed by atoms with Crippen molar-refractivity contribution in [3.05, 3.63) is 128 Å². The number of rotatable bonds is 10. The molecule has 4 amide bonds. The van der Waals surface area contributed by atoms with E-state index in [-0.39, 0.29) is 35.3 Å². The molecule has 2 heterocycles. The van der Waals surface area contributed by atoms with Crippen LogP contribution in [0.15, 0.2) is 83.7 Å². The zero-order chi connectivity index (χ0) is 37.7. The number of carbonyl (C=O) groups is 2. The van der Waals surface area contributed by atoms with E-state index in [1.807, 2.05) is 82.3 Å². The van der Waals surface area contributed by atoms with Gasteiger partial charge in [-0.2, -0.15) is 10.1 Å². The third-order valence-corrected chi connectivity index (χ3v) is 8.76. The van der Waals surface area contributed by atoms with Gasteiger partial charge in [-0.05, 0) is 49.2 Å². The molecule has 5 aromatic rings. The van der Waals surface area contributed by atoms with Gasteiger partial charge in [0.2, 0.25) is 0 Å². The summed E-state index contributed by atoms with van der Waals surface area (Å²) < 4.78 is 14.8. The van der Waals surface area contributed by atoms with E-state index in [4.69, 9.17) is 26.8 Å². The average Bonchev–Trinajstić information content (AvgIpc) is 3.57. The van der Waals surface area contributed by atoms with Crippen LogP contribution < -0.4 is 36.5 Å². The maximum Gasteiger partial charge on any atom is 0.342 e. The van der Waals surface area contributed by atoms with Crippen molar-refractivity contribution in [1.82, 2.24) is 25.1 Å². The number of nitrogens with two attached hydrogens (primary N) is 1. The molecule has 2 aromatic heterocycles. The summed E-state index contributed by atoms with van der Waals surface area (Å²) in [5.41, 5.74) is 11.8. The highest BCUT2D eigenvalue weighted by Gasteiger charge is 2.28. The van der Waals surface area contributed by atoms with E-state index in [0.717, 1.165) is 27.4 Å². The van der Waals surface area contributed by atoms with Gasteiger partial charge in [0.1, 0.15) is 23.9 Å². The van der Waals surface area contributed by atoms with Gasteiger partial charge in [0.05, 0.1) is 35.6 Å². The Morgan fingerprint density at radius 3 is 2.29 bits per heavy atom. The van der Waals surface area contributed by atoms with E-state index in [2.05, 4.69) is 15.8 Å². The Morgan fingerprint density at radius 2 is 1.63 bits per heavy atom. The highest BCUT2D eigenvalue weighted by Crippen LogP contribution is 2.31. The lowest BCUT2D eigenvalue weighted by Crippen LogP contribution is -2.53. The molecule has 52 heavy (non-hydrogen) atoms. The average molecular weight is 728 g/mol. The van der Waals surface area contributed by atoms with Gasteiger partial charge in [-0.25, -0.2) is 19.7 Å². The SMILES string of the molecule is COc1ccccc1Cn1c(C)cc(OCc2ccccc2CNC(=O)N(NC(N)=O)c2cc(C(C)(C)C)nn2-c2ccc(Cl)c(O)c2)c(C)c1=O. The number of nitrogens with zero attached hydrogens (tertiary/aromatic N) is 4. The van der Waals surface area contributed by atoms with Crippen molar-refractivity contribution in [3.63, 3.8) is 0 Å². The number of ether oxygens (including phenoxy) is 2. The molecule has 5 N–H and O–H groups in total. The number of aromatic hydroxyl groups is 1. The molecule has 13 nitrogen and oxygen atoms in total. The number of methoxy groups -OCH3 is 1. The summed E-state index contributed by atoms with van der Waals surface area (Å²) in [7, 11) is 1.60. The highest BCUT2D eigenvalue weighted by molar-refractivity contribution is 6.32. The van der Waals surface area contributed by atoms with Crippen LogP contribution in [0.2, 0.25) is 5.02 Å². The van der Waals surface area contributed by atoms with E-state index in [0.29, 0.717) is 35.0 Å². The quantitative estimate of drug-likeness (QED) is 0.124. The van der Waals surface area contributed by atoms with Crippen LogP contribution in [0, 0.1) is 13.8 Å². The fourth-order valence-corrected chi connectivity index (χ4v) is 5.63. The van der Waals surface area contributed by atoms with Crippen molar-refractivity contribution in [1.29, 1.82) is 0 Å². The molecule has 272 valence electrons. The Kier molecular flexibility index (Phi) is 11.1. The van der Waals surface area contributed by atoms with Crippen molar-refractivity contribution in [2.24, 2.45) is 5.73 Å². The fraction of sp³-hybridized carbons (Fsp3) is 0.263. The van der Waals surface area contributed by atoms with Crippen LogP contribution in [0.4, 0.5) is 15.4 Å². The largest absolute Gasteiger partial charge is 0.506 e. The van der Waals surface area contributed by atoms with Crippen molar-refractivity contribution in [3.8, 4) is 22.9 Å². The van der Waals surface area contributed by atoms with Crippen LogP contribution in [0.5, 0.6) is 17.2 Å². The molecular formula is C38H42ClN7O6. The monoisotopic (exact) mass is 727 g/mol. The van der Waals surface area contributed by atoms with Crippen LogP contribution in [0.3, 0.4) is 0 Å². The number of primary amides is 1. The van der Waals surface area contributed by atoms with Crippen LogP contribution in [0.1, 0.15) is 54.4 Å². The molecular weight excluding hydrogens is 686 g/mol. The number of para-hydroxylation sites is 1. The first-order chi connectivity index (χ1) is 24.7. The topological polar surface area (TPSA) is 166 Å². The molecule has 3 aromatic carbocycles. The Hall–Kier alpha value is -5.95. The van der Waals surface area contributed by atoms with Crippen molar-refractivity contribution >= 4 is 29.5 Å². The second-order valence-electron chi connectivity index (χ2n) is 13.2. The molecule has 0 unspecified atom stereocenters. The van der Waals surface area contributed by atoms with Gasteiger partial charge in [0.25, 0.3) is 5.56 Å². The normalized spacial score (nSPS) is 11.2. The molecule has 0 atom stereocenters. The van der Waals surface area contributed by atoms with Crippen LogP contribution in [0.25, 0.3) is 5.69 Å². The maximum atomic E-state index is 13.8. The summed E-state index contributed by atoms with van der Waals surface area (Å²) in [6.07, 6.45) is 0. The third kappa shape index (κ3) is 8.32. The molecule has 0 aliphatic heterocycles. The molecule has 0 saturated heterocycles. The molecule has 0 spiro atoms. The van der Waals surface area contributed by atoms with E-state index in [1.54, 1.807) is 30.7 Å². The minimum Gasteiger partial charge on any atom is -0.506 e. The van der Waals surface area contributed by atoms with Crippen molar-refractivity contribution in [2.45, 2.75) is 59.7 Å². The summed E-state index contributed by atoms with van der Waals surface area (Å²) in [5.74, 6) is 1.12. The number of anilines is 1. The first kappa shape index (κ1) is 37.3. The third-order valence-electron chi connectivity index (χ3n) is 8.44. The summed E-state index contributed by atoms with van der Waals surface area (Å²) in [4.78, 5) is 39.4. The number of urea groups is 2. The van der Waals surface area contributed by atoms with Gasteiger partial charge < -0.3 is 30.2 Å². The number of phenolic OH excluding ortho intramolecular Hbond substituents is 1. The first-order valence-electron chi connectivity index (χ1n) is 16.4. The summed E-state index contributed by atoms with van der Waals surface area (Å²) in [6, 6.07) is 21.3. The van der Waals surface area contributed by atoms with Gasteiger partial charge in [0.15, 0.2) is 5.82 Å². The molecule has 0 bridgehead atoms. The number of phenols is 1. The molecule has 5 rings (SSSR count). The zero-order valence-corrected chi connectivity index (χ0v) is 30.6. The predicted molar refractivity (Wildman–Crippen MR) is 199 cm³/mol. The molecule has 0 saturated carbocycles. The first-order valence-corrected chi connectivity index (χ1v) is 16.8. The molecule has 14 heteroatoms. The smallest absolute Gasteiger partial charge is 0.342 e. The van der Waals surface area contributed by atoms with Crippen LogP contribution in [-0.2, 0) is 25.1 Å². The Bertz CT molecular complexity index is 2170. The number of hydrogen-bond donors (Lipinski definition) is 4. The van der Waals surface area contributed by atoms with Crippen molar-refractivity contribution < 1.29 is 24.2 Å². The van der Waals surface area contributed by atoms with E-state index in [9.17, 15) is 19.5 Å². The molecule has 0 radical (unpaired) electrons. The van der Waals surface area contributed by atoms with Gasteiger partial charge in [-0.1, -0.05) is 74.8 Å². The zero-order valence-electron chi connectivity index (χ0n) is 29.9. The maximum absolute atomic E-state index is 13.8. The van der Waals surface area contributed by atoms with E-state index >= 15 is 0 Å². The van der Waals surface area contributed by atoms with Gasteiger partial charge in [-0.3, -0.25) is 4.79 Å². The number of hydrogen-bond acceptors (Lipinski definition) is 7. The number of nitrogens with one attached hydrogen (secondary N) is 2. The number of aryl methyl sites for hydroxylation is 1. The lowest BCUT2D eigenvalue weighted by atomic mass is 9.92. The lowest BCUT2D eigenvalue weighted by molar-refractivity contribution is 0.235. The lowest BCUT2D eigenvalue weighted by Gasteiger charge is -2.23. The predicted octanol–water partition coefficient (Wildman–Crippen LogP) is 6.24. The summed E-state index contributed by atoms with van der Waals surface area (Å²) >= 11 is 6.05. The Balaban J connectivity index is 1.36. The highest BCUT2D eigenvalue weighted by atomic mass is 35.5. The number of amides is 4. The molecule has 0 aliphatic rings. The van der Waals surface area contributed by atoms with E-state index in [1.165, 1.54) is 16.8 Å². The molecule has 0 aliphatic carbocycles. The Labute approximate surface area is 306 Å².